The SMILES string of the molecule is CC/C=C\C/C=C\C/C=C\C/C=C\C/C=C\C/C=C\CCCCC(=O)OCC(COC(=O)CCCCCCC/C=C\CCCCCCCC)OC(=O)CCCCCCC/C=C\CCCCCCCC. The normalized spacial score (nSPS) is 12.8. The molecule has 0 radical (unpaired) electrons. The zero-order valence-corrected chi connectivity index (χ0v) is 45.0. The van der Waals surface area contributed by atoms with Crippen molar-refractivity contribution in [2.24, 2.45) is 0 Å². The summed E-state index contributed by atoms with van der Waals surface area (Å²) in [5.74, 6) is -0.958. The van der Waals surface area contributed by atoms with Crippen molar-refractivity contribution < 1.29 is 28.6 Å². The first-order valence-corrected chi connectivity index (χ1v) is 28.7. The van der Waals surface area contributed by atoms with Gasteiger partial charge in [0.05, 0.1) is 0 Å². The molecule has 0 aliphatic heterocycles. The number of hydrogen-bond donors (Lipinski definition) is 0. The summed E-state index contributed by atoms with van der Waals surface area (Å²) < 4.78 is 16.8. The Morgan fingerprint density at radius 1 is 0.304 bits per heavy atom. The van der Waals surface area contributed by atoms with Crippen molar-refractivity contribution in [1.29, 1.82) is 0 Å². The molecule has 0 heterocycles. The molecule has 0 spiro atoms. The topological polar surface area (TPSA) is 78.9 Å². The number of allylic oxidation sites excluding steroid dienone is 16. The molecular formula is C63H106O6. The molecule has 0 aromatic carbocycles. The van der Waals surface area contributed by atoms with E-state index in [0.717, 1.165) is 116 Å². The molecule has 0 aromatic rings. The van der Waals surface area contributed by atoms with Gasteiger partial charge in [0.25, 0.3) is 0 Å². The Kier molecular flexibility index (Phi) is 53.9. The molecule has 394 valence electrons. The van der Waals surface area contributed by atoms with Crippen LogP contribution < -0.4 is 0 Å². The lowest BCUT2D eigenvalue weighted by Crippen LogP contribution is -2.30. The molecule has 0 bridgehead atoms. The third-order valence-electron chi connectivity index (χ3n) is 12.0. The van der Waals surface area contributed by atoms with Crippen molar-refractivity contribution in [3.63, 3.8) is 0 Å². The zero-order chi connectivity index (χ0) is 50.0. The van der Waals surface area contributed by atoms with Crippen LogP contribution in [0.3, 0.4) is 0 Å². The number of rotatable bonds is 51. The summed E-state index contributed by atoms with van der Waals surface area (Å²) in [5, 5.41) is 0. The Morgan fingerprint density at radius 2 is 0.565 bits per heavy atom. The Morgan fingerprint density at radius 3 is 0.928 bits per heavy atom. The summed E-state index contributed by atoms with van der Waals surface area (Å²) in [4.78, 5) is 38.1. The maximum atomic E-state index is 12.8. The average molecular weight is 960 g/mol. The van der Waals surface area contributed by atoms with Crippen LogP contribution in [-0.2, 0) is 28.6 Å². The van der Waals surface area contributed by atoms with Crippen LogP contribution in [-0.4, -0.2) is 37.2 Å². The van der Waals surface area contributed by atoms with Crippen LogP contribution in [0.1, 0.15) is 265 Å². The highest BCUT2D eigenvalue weighted by Crippen LogP contribution is 2.14. The van der Waals surface area contributed by atoms with Gasteiger partial charge in [-0.3, -0.25) is 14.4 Å². The van der Waals surface area contributed by atoms with Crippen molar-refractivity contribution in [3.05, 3.63) is 97.2 Å². The third-order valence-corrected chi connectivity index (χ3v) is 12.0. The van der Waals surface area contributed by atoms with Crippen molar-refractivity contribution in [2.45, 2.75) is 271 Å². The average Bonchev–Trinajstić information content (AvgIpc) is 3.35. The number of carbonyl (C=O) groups excluding carboxylic acids is 3. The molecule has 0 aliphatic rings. The molecule has 0 saturated carbocycles. The largest absolute Gasteiger partial charge is 0.462 e. The van der Waals surface area contributed by atoms with Crippen LogP contribution in [0, 0.1) is 0 Å². The smallest absolute Gasteiger partial charge is 0.306 e. The fourth-order valence-electron chi connectivity index (χ4n) is 7.73. The lowest BCUT2D eigenvalue weighted by atomic mass is 10.1. The van der Waals surface area contributed by atoms with Gasteiger partial charge in [-0.15, -0.1) is 0 Å². The highest BCUT2D eigenvalue weighted by molar-refractivity contribution is 5.71. The van der Waals surface area contributed by atoms with E-state index < -0.39 is 6.10 Å². The first kappa shape index (κ1) is 65.3. The lowest BCUT2D eigenvalue weighted by molar-refractivity contribution is -0.167. The second kappa shape index (κ2) is 56.9. The molecule has 0 fully saturated rings. The molecule has 0 aromatic heterocycles. The minimum Gasteiger partial charge on any atom is -0.462 e. The van der Waals surface area contributed by atoms with Crippen LogP contribution in [0.4, 0.5) is 0 Å². The van der Waals surface area contributed by atoms with Crippen molar-refractivity contribution in [2.75, 3.05) is 13.2 Å². The standard InChI is InChI=1S/C63H106O6/c1-4-7-10-13-16-19-22-25-28-29-30-31-32-33-36-38-41-44-47-50-53-56-62(65)68-59-60(69-63(66)57-54-51-48-45-42-39-35-27-24-21-18-15-12-9-6-3)58-67-61(64)55-52-49-46-43-40-37-34-26-23-20-17-14-11-8-5-2/h7,10,16,19,25-28,30-31,33-36,41,44,60H,4-6,8-9,11-15,17-18,20-24,29,32,37-40,42-43,45-59H2,1-3H3/b10-7-,19-16-,28-25-,31-30-,34-26-,35-27-,36-33-,44-41-. The van der Waals surface area contributed by atoms with E-state index in [-0.39, 0.29) is 31.1 Å². The monoisotopic (exact) mass is 959 g/mol. The van der Waals surface area contributed by atoms with Gasteiger partial charge in [-0.25, -0.2) is 0 Å². The highest BCUT2D eigenvalue weighted by Gasteiger charge is 2.19. The van der Waals surface area contributed by atoms with E-state index in [1.54, 1.807) is 0 Å². The Balaban J connectivity index is 4.48. The van der Waals surface area contributed by atoms with Crippen LogP contribution in [0.25, 0.3) is 0 Å². The quantitative estimate of drug-likeness (QED) is 0.0262. The van der Waals surface area contributed by atoms with Gasteiger partial charge in [0.1, 0.15) is 13.2 Å². The molecular weight excluding hydrogens is 853 g/mol. The van der Waals surface area contributed by atoms with Crippen LogP contribution >= 0.6 is 0 Å². The second-order valence-electron chi connectivity index (χ2n) is 18.8. The minimum absolute atomic E-state index is 0.0992. The summed E-state index contributed by atoms with van der Waals surface area (Å²) >= 11 is 0. The molecule has 0 saturated heterocycles. The molecule has 6 heteroatoms. The number of hydrogen-bond acceptors (Lipinski definition) is 6. The molecule has 0 N–H and O–H groups in total. The van der Waals surface area contributed by atoms with Gasteiger partial charge in [-0.2, -0.15) is 0 Å². The molecule has 0 rings (SSSR count). The Bertz CT molecular complexity index is 1380. The van der Waals surface area contributed by atoms with Gasteiger partial charge >= 0.3 is 17.9 Å². The van der Waals surface area contributed by atoms with Gasteiger partial charge < -0.3 is 14.2 Å². The molecule has 1 unspecified atom stereocenters. The predicted molar refractivity (Wildman–Crippen MR) is 297 cm³/mol. The van der Waals surface area contributed by atoms with Crippen molar-refractivity contribution in [1.82, 2.24) is 0 Å². The van der Waals surface area contributed by atoms with Gasteiger partial charge in [0.2, 0.25) is 0 Å². The fraction of sp³-hybridized carbons (Fsp3) is 0.698. The van der Waals surface area contributed by atoms with E-state index in [1.165, 1.54) is 109 Å². The lowest BCUT2D eigenvalue weighted by Gasteiger charge is -2.18. The van der Waals surface area contributed by atoms with E-state index in [2.05, 4.69) is 118 Å². The van der Waals surface area contributed by atoms with E-state index in [9.17, 15) is 14.4 Å². The summed E-state index contributed by atoms with van der Waals surface area (Å²) in [6.45, 7) is 6.47. The minimum atomic E-state index is -0.804. The van der Waals surface area contributed by atoms with E-state index in [0.29, 0.717) is 19.3 Å². The first-order chi connectivity index (χ1) is 34.0. The number of ether oxygens (including phenoxy) is 3. The van der Waals surface area contributed by atoms with Crippen LogP contribution in [0.5, 0.6) is 0 Å². The molecule has 0 amide bonds. The molecule has 1 atom stereocenters. The highest BCUT2D eigenvalue weighted by atomic mass is 16.6. The van der Waals surface area contributed by atoms with E-state index in [1.807, 2.05) is 0 Å². The number of unbranched alkanes of at least 4 members (excludes halogenated alkanes) is 24. The second-order valence-corrected chi connectivity index (χ2v) is 18.8. The van der Waals surface area contributed by atoms with Gasteiger partial charge in [-0.05, 0) is 122 Å². The van der Waals surface area contributed by atoms with Crippen LogP contribution in [0.2, 0.25) is 0 Å². The Hall–Kier alpha value is -3.67. The van der Waals surface area contributed by atoms with Crippen molar-refractivity contribution >= 4 is 17.9 Å². The van der Waals surface area contributed by atoms with Crippen LogP contribution in [0.15, 0.2) is 97.2 Å². The van der Waals surface area contributed by atoms with Gasteiger partial charge in [0.15, 0.2) is 6.10 Å². The van der Waals surface area contributed by atoms with Crippen molar-refractivity contribution in [3.8, 4) is 0 Å². The summed E-state index contributed by atoms with van der Waals surface area (Å²) in [5.41, 5.74) is 0. The van der Waals surface area contributed by atoms with E-state index in [4.69, 9.17) is 14.2 Å². The summed E-state index contributed by atoms with van der Waals surface area (Å²) in [6.07, 6.45) is 75.4. The van der Waals surface area contributed by atoms with Gasteiger partial charge in [-0.1, -0.05) is 221 Å². The van der Waals surface area contributed by atoms with Gasteiger partial charge in [0, 0.05) is 19.3 Å². The number of esters is 3. The number of carbonyl (C=O) groups is 3. The molecule has 69 heavy (non-hydrogen) atoms. The maximum absolute atomic E-state index is 12.8. The zero-order valence-electron chi connectivity index (χ0n) is 45.0. The molecule has 6 nitrogen and oxygen atoms in total. The van der Waals surface area contributed by atoms with E-state index >= 15 is 0 Å². The predicted octanol–water partition coefficient (Wildman–Crippen LogP) is 19.3. The Labute approximate surface area is 426 Å². The maximum Gasteiger partial charge on any atom is 0.306 e. The summed E-state index contributed by atoms with van der Waals surface area (Å²) in [6, 6.07) is 0. The molecule has 0 aliphatic carbocycles. The third kappa shape index (κ3) is 55.1. The summed E-state index contributed by atoms with van der Waals surface area (Å²) in [7, 11) is 0. The first-order valence-electron chi connectivity index (χ1n) is 28.7. The fourth-order valence-corrected chi connectivity index (χ4v) is 7.73.